The van der Waals surface area contributed by atoms with Crippen LogP contribution >= 0.6 is 0 Å². The Labute approximate surface area is 372 Å². The fourth-order valence-corrected chi connectivity index (χ4v) is 9.91. The molecule has 0 bridgehead atoms. The summed E-state index contributed by atoms with van der Waals surface area (Å²) in [7, 11) is 0. The third-order valence-electron chi connectivity index (χ3n) is 13.1. The molecular weight excluding hydrogens is 777 g/mol. The molecule has 302 valence electrons. The lowest BCUT2D eigenvalue weighted by Crippen LogP contribution is -2.14. The zero-order valence-corrected chi connectivity index (χ0v) is 35.6. The van der Waals surface area contributed by atoms with E-state index in [2.05, 4.69) is 225 Å². The van der Waals surface area contributed by atoms with E-state index >= 15 is 0 Å². The predicted molar refractivity (Wildman–Crippen MR) is 264 cm³/mol. The van der Waals surface area contributed by atoms with E-state index in [-0.39, 0.29) is 5.41 Å². The standard InChI is InChI=1S/C60H42N4/c1-60(2)51-25-13-12-22-48(51)55-47(23-14-26-52(55)60)45-36-37-53-50(38-45)56-49(24-15-27-54(56)64(53)46-20-10-5-11-21-46)59-62-57(43-32-28-41(29-33-43)39-16-6-3-7-17-39)61-58(63-59)44-34-30-42(31-35-44)40-18-8-4-9-19-40/h3-38H,1-2H3. The number of hydrogen-bond acceptors (Lipinski definition) is 3. The fraction of sp³-hybridized carbons (Fsp3) is 0.0500. The van der Waals surface area contributed by atoms with Gasteiger partial charge in [0.15, 0.2) is 17.5 Å². The SMILES string of the molecule is CC1(C)c2ccccc2-c2c(-c3ccc4c(c3)c3c(-c5nc(-c6ccc(-c7ccccc7)cc6)nc(-c6ccc(-c7ccccc7)cc6)n5)cccc3n4-c3ccccc3)cccc21. The van der Waals surface area contributed by atoms with Crippen LogP contribution in [0.5, 0.6) is 0 Å². The molecule has 0 saturated heterocycles. The first-order chi connectivity index (χ1) is 31.5. The molecule has 1 aliphatic carbocycles. The molecule has 11 aromatic rings. The van der Waals surface area contributed by atoms with E-state index in [1.165, 1.54) is 44.5 Å². The second-order valence-electron chi connectivity index (χ2n) is 17.2. The number of fused-ring (bicyclic) bond motifs is 6. The lowest BCUT2D eigenvalue weighted by molar-refractivity contribution is 0.660. The van der Waals surface area contributed by atoms with E-state index in [1.54, 1.807) is 0 Å². The van der Waals surface area contributed by atoms with Crippen molar-refractivity contribution in [3.05, 3.63) is 230 Å². The molecular formula is C60H42N4. The van der Waals surface area contributed by atoms with Crippen LogP contribution in [-0.4, -0.2) is 19.5 Å². The number of aromatic nitrogens is 4. The molecule has 0 N–H and O–H groups in total. The van der Waals surface area contributed by atoms with Gasteiger partial charge in [-0.25, -0.2) is 15.0 Å². The predicted octanol–water partition coefficient (Wildman–Crippen LogP) is 15.3. The Kier molecular flexibility index (Phi) is 8.80. The van der Waals surface area contributed by atoms with Crippen molar-refractivity contribution in [3.63, 3.8) is 0 Å². The summed E-state index contributed by atoms with van der Waals surface area (Å²) in [5.74, 6) is 1.87. The van der Waals surface area contributed by atoms with Gasteiger partial charge in [0.1, 0.15) is 0 Å². The molecule has 0 atom stereocenters. The summed E-state index contributed by atoms with van der Waals surface area (Å²) in [6.07, 6.45) is 0. The second kappa shape index (κ2) is 15.0. The topological polar surface area (TPSA) is 43.6 Å². The normalized spacial score (nSPS) is 12.7. The first-order valence-corrected chi connectivity index (χ1v) is 21.9. The van der Waals surface area contributed by atoms with Crippen LogP contribution in [0.3, 0.4) is 0 Å². The average Bonchev–Trinajstić information content (AvgIpc) is 3.82. The smallest absolute Gasteiger partial charge is 0.164 e. The molecule has 0 fully saturated rings. The van der Waals surface area contributed by atoms with E-state index in [9.17, 15) is 0 Å². The Balaban J connectivity index is 1.08. The van der Waals surface area contributed by atoms with Crippen molar-refractivity contribution in [2.75, 3.05) is 0 Å². The molecule has 4 nitrogen and oxygen atoms in total. The Bertz CT molecular complexity index is 3430. The van der Waals surface area contributed by atoms with Crippen molar-refractivity contribution in [1.82, 2.24) is 19.5 Å². The molecule has 0 spiro atoms. The van der Waals surface area contributed by atoms with Gasteiger partial charge < -0.3 is 4.57 Å². The monoisotopic (exact) mass is 818 g/mol. The van der Waals surface area contributed by atoms with Crippen LogP contribution in [-0.2, 0) is 5.41 Å². The van der Waals surface area contributed by atoms with Crippen LogP contribution in [0.15, 0.2) is 218 Å². The Morgan fingerprint density at radius 2 is 0.812 bits per heavy atom. The molecule has 0 unspecified atom stereocenters. The van der Waals surface area contributed by atoms with Crippen molar-refractivity contribution < 1.29 is 0 Å². The minimum atomic E-state index is -0.0968. The first-order valence-electron chi connectivity index (χ1n) is 21.9. The van der Waals surface area contributed by atoms with Crippen LogP contribution in [0.25, 0.3) is 106 Å². The largest absolute Gasteiger partial charge is 0.309 e. The molecule has 2 aromatic heterocycles. The number of para-hydroxylation sites is 1. The van der Waals surface area contributed by atoms with Crippen LogP contribution in [0, 0.1) is 0 Å². The number of hydrogen-bond donors (Lipinski definition) is 0. The molecule has 9 aromatic carbocycles. The molecule has 0 amide bonds. The molecule has 12 rings (SSSR count). The highest BCUT2D eigenvalue weighted by Gasteiger charge is 2.36. The summed E-state index contributed by atoms with van der Waals surface area (Å²) in [6.45, 7) is 4.69. The fourth-order valence-electron chi connectivity index (χ4n) is 9.91. The van der Waals surface area contributed by atoms with Crippen LogP contribution < -0.4 is 0 Å². The summed E-state index contributed by atoms with van der Waals surface area (Å²) < 4.78 is 2.37. The lowest BCUT2D eigenvalue weighted by atomic mass is 9.82. The van der Waals surface area contributed by atoms with Gasteiger partial charge in [0.2, 0.25) is 0 Å². The van der Waals surface area contributed by atoms with E-state index in [0.29, 0.717) is 17.5 Å². The highest BCUT2D eigenvalue weighted by molar-refractivity contribution is 6.16. The van der Waals surface area contributed by atoms with Crippen LogP contribution in [0.4, 0.5) is 0 Å². The molecule has 0 saturated carbocycles. The third-order valence-corrected chi connectivity index (χ3v) is 13.1. The summed E-state index contributed by atoms with van der Waals surface area (Å²) in [5, 5.41) is 2.23. The quantitative estimate of drug-likeness (QED) is 0.161. The van der Waals surface area contributed by atoms with Crippen molar-refractivity contribution in [2.24, 2.45) is 0 Å². The van der Waals surface area contributed by atoms with Gasteiger partial charge in [0.05, 0.1) is 11.0 Å². The maximum absolute atomic E-state index is 5.34. The Morgan fingerprint density at radius 3 is 1.45 bits per heavy atom. The summed E-state index contributed by atoms with van der Waals surface area (Å²) in [5.41, 5.74) is 18.4. The Morgan fingerprint density at radius 1 is 0.344 bits per heavy atom. The molecule has 2 heterocycles. The minimum absolute atomic E-state index is 0.0968. The van der Waals surface area contributed by atoms with Gasteiger partial charge >= 0.3 is 0 Å². The van der Waals surface area contributed by atoms with Gasteiger partial charge in [-0.3, -0.25) is 0 Å². The maximum Gasteiger partial charge on any atom is 0.164 e. The van der Waals surface area contributed by atoms with E-state index in [1.807, 2.05) is 12.1 Å². The van der Waals surface area contributed by atoms with Gasteiger partial charge in [0, 0.05) is 38.6 Å². The molecule has 1 aliphatic rings. The van der Waals surface area contributed by atoms with Gasteiger partial charge in [-0.2, -0.15) is 0 Å². The zero-order valence-electron chi connectivity index (χ0n) is 35.6. The van der Waals surface area contributed by atoms with Crippen LogP contribution in [0.2, 0.25) is 0 Å². The van der Waals surface area contributed by atoms with E-state index < -0.39 is 0 Å². The van der Waals surface area contributed by atoms with Crippen molar-refractivity contribution >= 4 is 21.8 Å². The van der Waals surface area contributed by atoms with Gasteiger partial charge in [-0.1, -0.05) is 202 Å². The van der Waals surface area contributed by atoms with Crippen molar-refractivity contribution in [2.45, 2.75) is 19.3 Å². The summed E-state index contributed by atoms with van der Waals surface area (Å²) >= 11 is 0. The molecule has 64 heavy (non-hydrogen) atoms. The maximum atomic E-state index is 5.34. The lowest BCUT2D eigenvalue weighted by Gasteiger charge is -2.21. The van der Waals surface area contributed by atoms with Crippen molar-refractivity contribution in [1.29, 1.82) is 0 Å². The van der Waals surface area contributed by atoms with Crippen molar-refractivity contribution in [3.8, 4) is 84.4 Å². The van der Waals surface area contributed by atoms with E-state index in [0.717, 1.165) is 55.3 Å². The number of benzene rings is 9. The highest BCUT2D eigenvalue weighted by Crippen LogP contribution is 2.52. The van der Waals surface area contributed by atoms with Gasteiger partial charge in [0.25, 0.3) is 0 Å². The van der Waals surface area contributed by atoms with E-state index in [4.69, 9.17) is 15.0 Å². The van der Waals surface area contributed by atoms with Crippen LogP contribution in [0.1, 0.15) is 25.0 Å². The summed E-state index contributed by atoms with van der Waals surface area (Å²) in [6, 6.07) is 77.8. The third kappa shape index (κ3) is 6.18. The average molecular weight is 819 g/mol. The van der Waals surface area contributed by atoms with Gasteiger partial charge in [-0.05, 0) is 86.0 Å². The Hall–Kier alpha value is -8.21. The number of nitrogens with zero attached hydrogens (tertiary/aromatic N) is 4. The molecule has 4 heteroatoms. The highest BCUT2D eigenvalue weighted by atomic mass is 15.0. The zero-order chi connectivity index (χ0) is 42.8. The molecule has 0 aliphatic heterocycles. The van der Waals surface area contributed by atoms with Gasteiger partial charge in [-0.15, -0.1) is 0 Å². The summed E-state index contributed by atoms with van der Waals surface area (Å²) in [4.78, 5) is 15.9. The second-order valence-corrected chi connectivity index (χ2v) is 17.2. The minimum Gasteiger partial charge on any atom is -0.309 e. The number of rotatable bonds is 7. The molecule has 0 radical (unpaired) electrons. The first kappa shape index (κ1) is 37.5.